The van der Waals surface area contributed by atoms with Crippen LogP contribution in [0, 0.1) is 0 Å². The van der Waals surface area contributed by atoms with Crippen LogP contribution in [0.1, 0.15) is 32.6 Å². The lowest BCUT2D eigenvalue weighted by Gasteiger charge is -2.14. The number of hydrogen-bond donors (Lipinski definition) is 2. The summed E-state index contributed by atoms with van der Waals surface area (Å²) in [6.07, 6.45) is 2.60. The molecule has 0 aliphatic carbocycles. The molecule has 0 aromatic carbocycles. The number of aliphatic carboxylic acids is 1. The number of amides is 1. The quantitative estimate of drug-likeness (QED) is 0.681. The fraction of sp³-hybridized carbons (Fsp3) is 0.833. The summed E-state index contributed by atoms with van der Waals surface area (Å²) in [5.41, 5.74) is 0. The van der Waals surface area contributed by atoms with Gasteiger partial charge in [0.25, 0.3) is 0 Å². The van der Waals surface area contributed by atoms with Gasteiger partial charge in [0.05, 0.1) is 17.3 Å². The first-order valence-corrected chi connectivity index (χ1v) is 9.55. The van der Waals surface area contributed by atoms with Crippen molar-refractivity contribution in [2.24, 2.45) is 0 Å². The van der Waals surface area contributed by atoms with Crippen LogP contribution < -0.4 is 5.32 Å². The second kappa shape index (κ2) is 7.87. The minimum Gasteiger partial charge on any atom is -0.480 e. The number of carboxylic acid groups (broad SMARTS) is 1. The highest BCUT2D eigenvalue weighted by Gasteiger charge is 2.29. The molecule has 1 fully saturated rings. The fourth-order valence-corrected chi connectivity index (χ4v) is 5.44. The zero-order valence-electron chi connectivity index (χ0n) is 11.5. The van der Waals surface area contributed by atoms with Gasteiger partial charge in [-0.25, -0.2) is 13.2 Å². The van der Waals surface area contributed by atoms with E-state index in [4.69, 9.17) is 5.11 Å². The Balaban J connectivity index is 2.33. The molecule has 1 rings (SSSR count). The van der Waals surface area contributed by atoms with E-state index in [1.165, 1.54) is 11.8 Å². The second-order valence-electron chi connectivity index (χ2n) is 4.94. The zero-order chi connectivity index (χ0) is 15.2. The van der Waals surface area contributed by atoms with Crippen molar-refractivity contribution in [2.75, 3.05) is 17.3 Å². The number of carboxylic acids is 1. The molecule has 6 nitrogen and oxygen atoms in total. The van der Waals surface area contributed by atoms with Crippen LogP contribution in [0.5, 0.6) is 0 Å². The van der Waals surface area contributed by atoms with Crippen molar-refractivity contribution >= 4 is 33.5 Å². The summed E-state index contributed by atoms with van der Waals surface area (Å²) >= 11 is 1.29. The van der Waals surface area contributed by atoms with Gasteiger partial charge >= 0.3 is 5.97 Å². The molecule has 2 N–H and O–H groups in total. The summed E-state index contributed by atoms with van der Waals surface area (Å²) in [5.74, 6) is -0.970. The van der Waals surface area contributed by atoms with Crippen molar-refractivity contribution in [3.63, 3.8) is 0 Å². The SMILES string of the molecule is CCCCC(NC(=O)CSC1CCS(=O)(=O)C1)C(=O)O. The molecule has 2 atom stereocenters. The Kier molecular flexibility index (Phi) is 6.81. The molecule has 1 aliphatic heterocycles. The lowest BCUT2D eigenvalue weighted by molar-refractivity contribution is -0.141. The minimum atomic E-state index is -2.94. The van der Waals surface area contributed by atoms with Crippen LogP contribution in [0.25, 0.3) is 0 Å². The number of carbonyl (C=O) groups is 2. The molecule has 0 spiro atoms. The van der Waals surface area contributed by atoms with E-state index in [1.807, 2.05) is 6.92 Å². The Hall–Kier alpha value is -0.760. The van der Waals surface area contributed by atoms with Gasteiger partial charge in [0.2, 0.25) is 5.91 Å². The van der Waals surface area contributed by atoms with Gasteiger partial charge in [0.1, 0.15) is 6.04 Å². The monoisotopic (exact) mass is 323 g/mol. The van der Waals surface area contributed by atoms with Crippen LogP contribution >= 0.6 is 11.8 Å². The molecular weight excluding hydrogens is 302 g/mol. The third-order valence-corrected chi connectivity index (χ3v) is 6.40. The average Bonchev–Trinajstić information content (AvgIpc) is 2.71. The molecule has 0 radical (unpaired) electrons. The van der Waals surface area contributed by atoms with Crippen LogP contribution in [0.4, 0.5) is 0 Å². The van der Waals surface area contributed by atoms with Crippen LogP contribution in [-0.4, -0.2) is 54.0 Å². The maximum absolute atomic E-state index is 11.7. The summed E-state index contributed by atoms with van der Waals surface area (Å²) < 4.78 is 22.6. The van der Waals surface area contributed by atoms with Gasteiger partial charge in [-0.1, -0.05) is 19.8 Å². The van der Waals surface area contributed by atoms with E-state index in [0.29, 0.717) is 12.8 Å². The Morgan fingerprint density at radius 2 is 2.15 bits per heavy atom. The highest BCUT2D eigenvalue weighted by Crippen LogP contribution is 2.24. The van der Waals surface area contributed by atoms with E-state index in [-0.39, 0.29) is 28.4 Å². The summed E-state index contributed by atoms with van der Waals surface area (Å²) in [6.45, 7) is 1.96. The first-order chi connectivity index (χ1) is 9.34. The van der Waals surface area contributed by atoms with E-state index in [2.05, 4.69) is 5.32 Å². The third-order valence-electron chi connectivity index (χ3n) is 3.12. The molecule has 1 saturated heterocycles. The second-order valence-corrected chi connectivity index (χ2v) is 8.45. The van der Waals surface area contributed by atoms with Crippen LogP contribution in [-0.2, 0) is 19.4 Å². The molecule has 0 aromatic rings. The minimum absolute atomic E-state index is 0.0512. The first kappa shape index (κ1) is 17.3. The maximum atomic E-state index is 11.7. The van der Waals surface area contributed by atoms with Gasteiger partial charge in [0.15, 0.2) is 9.84 Å². The number of sulfone groups is 1. The smallest absolute Gasteiger partial charge is 0.326 e. The van der Waals surface area contributed by atoms with Gasteiger partial charge in [-0.05, 0) is 12.8 Å². The molecule has 2 unspecified atom stereocenters. The number of unbranched alkanes of at least 4 members (excludes halogenated alkanes) is 1. The summed E-state index contributed by atoms with van der Waals surface area (Å²) in [7, 11) is -2.94. The van der Waals surface area contributed by atoms with Gasteiger partial charge in [0, 0.05) is 5.25 Å². The molecule has 0 saturated carbocycles. The van der Waals surface area contributed by atoms with Crippen LogP contribution in [0.15, 0.2) is 0 Å². The molecule has 8 heteroatoms. The molecule has 1 aliphatic rings. The molecule has 0 bridgehead atoms. The highest BCUT2D eigenvalue weighted by molar-refractivity contribution is 8.02. The van der Waals surface area contributed by atoms with E-state index in [9.17, 15) is 18.0 Å². The predicted molar refractivity (Wildman–Crippen MR) is 78.6 cm³/mol. The molecule has 1 heterocycles. The van der Waals surface area contributed by atoms with Crippen molar-refractivity contribution in [3.05, 3.63) is 0 Å². The van der Waals surface area contributed by atoms with Crippen LogP contribution in [0.2, 0.25) is 0 Å². The van der Waals surface area contributed by atoms with Crippen molar-refractivity contribution in [1.82, 2.24) is 5.32 Å². The van der Waals surface area contributed by atoms with Crippen molar-refractivity contribution in [3.8, 4) is 0 Å². The number of nitrogens with one attached hydrogen (secondary N) is 1. The molecule has 20 heavy (non-hydrogen) atoms. The summed E-state index contributed by atoms with van der Waals surface area (Å²) in [4.78, 5) is 22.7. The number of hydrogen-bond acceptors (Lipinski definition) is 5. The third kappa shape index (κ3) is 6.13. The lowest BCUT2D eigenvalue weighted by atomic mass is 10.1. The van der Waals surface area contributed by atoms with E-state index < -0.39 is 21.8 Å². The Morgan fingerprint density at radius 1 is 1.45 bits per heavy atom. The number of thioether (sulfide) groups is 1. The van der Waals surface area contributed by atoms with Gasteiger partial charge in [-0.3, -0.25) is 4.79 Å². The van der Waals surface area contributed by atoms with Gasteiger partial charge in [-0.15, -0.1) is 11.8 Å². The Bertz CT molecular complexity index is 449. The fourth-order valence-electron chi connectivity index (χ4n) is 1.99. The standard InChI is InChI=1S/C12H21NO5S2/c1-2-3-4-10(12(15)16)13-11(14)7-19-9-5-6-20(17,18)8-9/h9-10H,2-8H2,1H3,(H,13,14)(H,15,16). The summed E-state index contributed by atoms with van der Waals surface area (Å²) in [5, 5.41) is 11.4. The highest BCUT2D eigenvalue weighted by atomic mass is 32.2. The number of rotatable bonds is 8. The average molecular weight is 323 g/mol. The lowest BCUT2D eigenvalue weighted by Crippen LogP contribution is -2.41. The molecular formula is C12H21NO5S2. The van der Waals surface area contributed by atoms with Crippen LogP contribution in [0.3, 0.4) is 0 Å². The largest absolute Gasteiger partial charge is 0.480 e. The first-order valence-electron chi connectivity index (χ1n) is 6.68. The van der Waals surface area contributed by atoms with E-state index in [0.717, 1.165) is 12.8 Å². The van der Waals surface area contributed by atoms with Crippen molar-refractivity contribution < 1.29 is 23.1 Å². The topological polar surface area (TPSA) is 101 Å². The van der Waals surface area contributed by atoms with Crippen molar-refractivity contribution in [2.45, 2.75) is 43.9 Å². The number of carbonyl (C=O) groups excluding carboxylic acids is 1. The zero-order valence-corrected chi connectivity index (χ0v) is 13.1. The van der Waals surface area contributed by atoms with Gasteiger partial charge in [-0.2, -0.15) is 0 Å². The normalized spacial score (nSPS) is 22.4. The van der Waals surface area contributed by atoms with E-state index in [1.54, 1.807) is 0 Å². The van der Waals surface area contributed by atoms with Gasteiger partial charge < -0.3 is 10.4 Å². The van der Waals surface area contributed by atoms with E-state index >= 15 is 0 Å². The predicted octanol–water partition coefficient (Wildman–Crippen LogP) is 0.666. The Labute approximate surface area is 123 Å². The summed E-state index contributed by atoms with van der Waals surface area (Å²) in [6, 6.07) is -0.852. The molecule has 0 aromatic heterocycles. The van der Waals surface area contributed by atoms with Crippen molar-refractivity contribution in [1.29, 1.82) is 0 Å². The maximum Gasteiger partial charge on any atom is 0.326 e. The Morgan fingerprint density at radius 3 is 2.65 bits per heavy atom. The molecule has 1 amide bonds. The molecule has 116 valence electrons.